The highest BCUT2D eigenvalue weighted by atomic mass is 19.3. The standard InChI is InChI=1S/C7H8F6/c1-4-2-3-5(8,9)7(12,13)6(4,10)11/h4H,2-3H2,1H3/t4-/m0/s1. The molecule has 0 bridgehead atoms. The van der Waals surface area contributed by atoms with Gasteiger partial charge in [-0.05, 0) is 6.42 Å². The van der Waals surface area contributed by atoms with Gasteiger partial charge in [-0.2, -0.15) is 26.3 Å². The smallest absolute Gasteiger partial charge is 0.200 e. The predicted molar refractivity (Wildman–Crippen MR) is 33.2 cm³/mol. The fraction of sp³-hybridized carbons (Fsp3) is 1.00. The minimum Gasteiger partial charge on any atom is -0.200 e. The summed E-state index contributed by atoms with van der Waals surface area (Å²) in [5.74, 6) is -16.1. The third kappa shape index (κ3) is 1.21. The lowest BCUT2D eigenvalue weighted by atomic mass is 9.81. The molecule has 1 aliphatic rings. The highest BCUT2D eigenvalue weighted by molar-refractivity contribution is 5.02. The maximum absolute atomic E-state index is 12.6. The minimum atomic E-state index is -5.22. The van der Waals surface area contributed by atoms with Crippen molar-refractivity contribution in [3.63, 3.8) is 0 Å². The molecule has 1 rings (SSSR count). The summed E-state index contributed by atoms with van der Waals surface area (Å²) in [5, 5.41) is 0. The summed E-state index contributed by atoms with van der Waals surface area (Å²) in [6.07, 6.45) is -1.77. The van der Waals surface area contributed by atoms with Crippen LogP contribution < -0.4 is 0 Å². The molecule has 0 aromatic carbocycles. The highest BCUT2D eigenvalue weighted by Crippen LogP contribution is 2.55. The maximum atomic E-state index is 12.6. The minimum absolute atomic E-state index is 0.588. The normalized spacial score (nSPS) is 35.8. The number of alkyl halides is 6. The van der Waals surface area contributed by atoms with Crippen LogP contribution in [-0.2, 0) is 0 Å². The summed E-state index contributed by atoms with van der Waals surface area (Å²) >= 11 is 0. The van der Waals surface area contributed by atoms with Crippen LogP contribution in [0.5, 0.6) is 0 Å². The van der Waals surface area contributed by atoms with Crippen molar-refractivity contribution in [2.24, 2.45) is 5.92 Å². The fourth-order valence-corrected chi connectivity index (χ4v) is 1.29. The van der Waals surface area contributed by atoms with Crippen molar-refractivity contribution in [2.45, 2.75) is 37.5 Å². The second-order valence-electron chi connectivity index (χ2n) is 3.34. The van der Waals surface area contributed by atoms with Crippen molar-refractivity contribution in [1.82, 2.24) is 0 Å². The van der Waals surface area contributed by atoms with Gasteiger partial charge in [-0.25, -0.2) is 0 Å². The Morgan fingerprint density at radius 3 is 1.85 bits per heavy atom. The zero-order valence-electron chi connectivity index (χ0n) is 6.76. The van der Waals surface area contributed by atoms with E-state index >= 15 is 0 Å². The lowest BCUT2D eigenvalue weighted by Gasteiger charge is -2.40. The van der Waals surface area contributed by atoms with Crippen LogP contribution in [-0.4, -0.2) is 17.8 Å². The molecule has 0 spiro atoms. The molecular formula is C7H8F6. The zero-order chi connectivity index (χ0) is 10.5. The summed E-state index contributed by atoms with van der Waals surface area (Å²) in [7, 11) is 0. The van der Waals surface area contributed by atoms with Crippen molar-refractivity contribution in [3.05, 3.63) is 0 Å². The molecule has 0 aliphatic heterocycles. The van der Waals surface area contributed by atoms with Crippen molar-refractivity contribution in [3.8, 4) is 0 Å². The SMILES string of the molecule is C[C@H]1CCC(F)(F)C(F)(F)C1(F)F. The van der Waals surface area contributed by atoms with E-state index < -0.39 is 36.5 Å². The van der Waals surface area contributed by atoms with Gasteiger partial charge in [0.2, 0.25) is 0 Å². The van der Waals surface area contributed by atoms with E-state index in [2.05, 4.69) is 0 Å². The molecule has 0 saturated heterocycles. The Labute approximate surface area is 70.9 Å². The number of hydrogen-bond acceptors (Lipinski definition) is 0. The van der Waals surface area contributed by atoms with E-state index in [1.54, 1.807) is 0 Å². The largest absolute Gasteiger partial charge is 0.372 e. The quantitative estimate of drug-likeness (QED) is 0.533. The van der Waals surface area contributed by atoms with Gasteiger partial charge >= 0.3 is 17.8 Å². The summed E-state index contributed by atoms with van der Waals surface area (Å²) in [4.78, 5) is 0. The van der Waals surface area contributed by atoms with Crippen LogP contribution in [0.3, 0.4) is 0 Å². The third-order valence-corrected chi connectivity index (χ3v) is 2.39. The van der Waals surface area contributed by atoms with Crippen LogP contribution in [0.1, 0.15) is 19.8 Å². The van der Waals surface area contributed by atoms with Crippen LogP contribution >= 0.6 is 0 Å². The molecule has 0 radical (unpaired) electrons. The Kier molecular flexibility index (Phi) is 2.08. The highest BCUT2D eigenvalue weighted by Gasteiger charge is 2.75. The van der Waals surface area contributed by atoms with Crippen LogP contribution in [0.15, 0.2) is 0 Å². The Morgan fingerprint density at radius 1 is 1.00 bits per heavy atom. The zero-order valence-corrected chi connectivity index (χ0v) is 6.76. The molecule has 0 nitrogen and oxygen atoms in total. The second kappa shape index (κ2) is 2.54. The average Bonchev–Trinajstić information content (AvgIpc) is 1.97. The molecular weight excluding hydrogens is 198 g/mol. The summed E-state index contributed by atoms with van der Waals surface area (Å²) in [6, 6.07) is 0. The average molecular weight is 206 g/mol. The molecule has 0 aromatic heterocycles. The van der Waals surface area contributed by atoms with Crippen LogP contribution in [0.4, 0.5) is 26.3 Å². The molecule has 1 aliphatic carbocycles. The van der Waals surface area contributed by atoms with E-state index in [1.165, 1.54) is 0 Å². The summed E-state index contributed by atoms with van der Waals surface area (Å²) < 4.78 is 75.1. The van der Waals surface area contributed by atoms with Crippen molar-refractivity contribution in [2.75, 3.05) is 0 Å². The second-order valence-corrected chi connectivity index (χ2v) is 3.34. The van der Waals surface area contributed by atoms with E-state index in [-0.39, 0.29) is 0 Å². The monoisotopic (exact) mass is 206 g/mol. The van der Waals surface area contributed by atoms with Gasteiger partial charge in [0.15, 0.2) is 0 Å². The Balaban J connectivity index is 3.07. The molecule has 1 atom stereocenters. The van der Waals surface area contributed by atoms with Crippen LogP contribution in [0, 0.1) is 5.92 Å². The Bertz CT molecular complexity index is 209. The summed E-state index contributed by atoms with van der Waals surface area (Å²) in [5.41, 5.74) is 0. The van der Waals surface area contributed by atoms with Gasteiger partial charge in [-0.15, -0.1) is 0 Å². The van der Waals surface area contributed by atoms with E-state index in [0.717, 1.165) is 6.92 Å². The van der Waals surface area contributed by atoms with E-state index in [1.807, 2.05) is 0 Å². The first-order chi connectivity index (χ1) is 5.63. The molecule has 0 aromatic rings. The number of halogens is 6. The van der Waals surface area contributed by atoms with E-state index in [9.17, 15) is 26.3 Å². The first-order valence-corrected chi connectivity index (χ1v) is 3.76. The van der Waals surface area contributed by atoms with Gasteiger partial charge in [0, 0.05) is 12.3 Å². The fourth-order valence-electron chi connectivity index (χ4n) is 1.29. The maximum Gasteiger partial charge on any atom is 0.372 e. The van der Waals surface area contributed by atoms with E-state index in [0.29, 0.717) is 0 Å². The molecule has 0 heterocycles. The molecule has 78 valence electrons. The van der Waals surface area contributed by atoms with Crippen LogP contribution in [0.25, 0.3) is 0 Å². The van der Waals surface area contributed by atoms with Gasteiger partial charge in [-0.3, -0.25) is 0 Å². The molecule has 1 saturated carbocycles. The summed E-state index contributed by atoms with van der Waals surface area (Å²) in [6.45, 7) is 0.850. The first kappa shape index (κ1) is 10.7. The third-order valence-electron chi connectivity index (χ3n) is 2.39. The molecule has 0 N–H and O–H groups in total. The Morgan fingerprint density at radius 2 is 1.46 bits per heavy atom. The van der Waals surface area contributed by atoms with Gasteiger partial charge in [0.1, 0.15) is 0 Å². The van der Waals surface area contributed by atoms with Crippen LogP contribution in [0.2, 0.25) is 0 Å². The molecule has 6 heteroatoms. The molecule has 0 amide bonds. The number of hydrogen-bond donors (Lipinski definition) is 0. The van der Waals surface area contributed by atoms with Gasteiger partial charge in [0.05, 0.1) is 0 Å². The van der Waals surface area contributed by atoms with Gasteiger partial charge in [0.25, 0.3) is 0 Å². The van der Waals surface area contributed by atoms with Crippen molar-refractivity contribution < 1.29 is 26.3 Å². The molecule has 0 unspecified atom stereocenters. The lowest BCUT2D eigenvalue weighted by molar-refractivity contribution is -0.344. The van der Waals surface area contributed by atoms with Crippen molar-refractivity contribution >= 4 is 0 Å². The van der Waals surface area contributed by atoms with Gasteiger partial charge < -0.3 is 0 Å². The lowest BCUT2D eigenvalue weighted by Crippen LogP contribution is -2.60. The topological polar surface area (TPSA) is 0 Å². The predicted octanol–water partition coefficient (Wildman–Crippen LogP) is 3.32. The first-order valence-electron chi connectivity index (χ1n) is 3.76. The number of rotatable bonds is 0. The van der Waals surface area contributed by atoms with Gasteiger partial charge in [-0.1, -0.05) is 6.92 Å². The van der Waals surface area contributed by atoms with E-state index in [4.69, 9.17) is 0 Å². The van der Waals surface area contributed by atoms with Crippen molar-refractivity contribution in [1.29, 1.82) is 0 Å². The molecule has 13 heavy (non-hydrogen) atoms. The Hall–Kier alpha value is -0.420. The molecule has 1 fully saturated rings.